The number of nitrogens with one attached hydrogen (secondary N) is 2. The van der Waals surface area contributed by atoms with Gasteiger partial charge in [0.15, 0.2) is 5.16 Å². The van der Waals surface area contributed by atoms with Gasteiger partial charge in [-0.1, -0.05) is 59.2 Å². The Bertz CT molecular complexity index is 1280. The number of allylic oxidation sites excluding steroid dienone is 2. The summed E-state index contributed by atoms with van der Waals surface area (Å²) in [6, 6.07) is 15.5. The maximum absolute atomic E-state index is 13.1. The van der Waals surface area contributed by atoms with Crippen molar-refractivity contribution in [2.45, 2.75) is 23.9 Å². The van der Waals surface area contributed by atoms with Gasteiger partial charge in [0.25, 0.3) is 5.56 Å². The number of hydrogen-bond donors (Lipinski definition) is 2. The van der Waals surface area contributed by atoms with E-state index in [4.69, 9.17) is 28.2 Å². The van der Waals surface area contributed by atoms with Crippen LogP contribution in [0.2, 0.25) is 10.0 Å². The van der Waals surface area contributed by atoms with Crippen LogP contribution < -0.4 is 10.9 Å². The van der Waals surface area contributed by atoms with Crippen molar-refractivity contribution in [3.8, 4) is 0 Å². The molecule has 2 N–H and O–H groups in total. The lowest BCUT2D eigenvalue weighted by molar-refractivity contribution is 0.807. The Balaban J connectivity index is 1.67. The third kappa shape index (κ3) is 3.82. The van der Waals surface area contributed by atoms with Gasteiger partial charge in [0.1, 0.15) is 5.82 Å². The summed E-state index contributed by atoms with van der Waals surface area (Å²) in [5.74, 6) is 0.461. The van der Waals surface area contributed by atoms with E-state index < -0.39 is 0 Å². The molecule has 0 radical (unpaired) electrons. The molecular weight excluding hydrogens is 449 g/mol. The van der Waals surface area contributed by atoms with Crippen LogP contribution >= 0.6 is 35.0 Å². The molecular formula is C24H19Cl2N3OS. The molecule has 3 aromatic rings. The molecule has 1 atom stereocenters. The van der Waals surface area contributed by atoms with E-state index in [2.05, 4.69) is 16.4 Å². The molecule has 0 fully saturated rings. The first-order chi connectivity index (χ1) is 15.0. The molecule has 7 heteroatoms. The van der Waals surface area contributed by atoms with Gasteiger partial charge in [0.05, 0.1) is 5.56 Å². The molecule has 0 amide bonds. The van der Waals surface area contributed by atoms with Gasteiger partial charge in [-0.05, 0) is 71.7 Å². The Kier molecular flexibility index (Phi) is 5.42. The van der Waals surface area contributed by atoms with E-state index in [0.717, 1.165) is 29.7 Å². The highest BCUT2D eigenvalue weighted by molar-refractivity contribution is 7.98. The number of thioether (sulfide) groups is 1. The van der Waals surface area contributed by atoms with Crippen LogP contribution in [0, 0.1) is 0 Å². The van der Waals surface area contributed by atoms with Crippen LogP contribution in [0.4, 0.5) is 5.82 Å². The van der Waals surface area contributed by atoms with Crippen LogP contribution in [0.5, 0.6) is 0 Å². The fourth-order valence-corrected chi connectivity index (χ4v) is 4.95. The molecule has 31 heavy (non-hydrogen) atoms. The van der Waals surface area contributed by atoms with Crippen LogP contribution in [0.15, 0.2) is 75.3 Å². The minimum absolute atomic E-state index is 0.108. The SMILES string of the molecule is CSc1nc2c(c(=O)[nH]1)C(c1ccc(Cl)cc1)C1=C(N2)/C(=C/c2ccc(Cl)cc2)CC1. The number of benzene rings is 2. The molecule has 1 aromatic heterocycles. The van der Waals surface area contributed by atoms with Gasteiger partial charge in [0, 0.05) is 21.7 Å². The van der Waals surface area contributed by atoms with E-state index in [0.29, 0.717) is 26.6 Å². The number of halogens is 2. The molecule has 0 saturated heterocycles. The second-order valence-corrected chi connectivity index (χ2v) is 9.24. The lowest BCUT2D eigenvalue weighted by Gasteiger charge is -2.28. The Labute approximate surface area is 194 Å². The average Bonchev–Trinajstić information content (AvgIpc) is 3.16. The quantitative estimate of drug-likeness (QED) is 0.341. The summed E-state index contributed by atoms with van der Waals surface area (Å²) in [6.07, 6.45) is 5.85. The summed E-state index contributed by atoms with van der Waals surface area (Å²) in [5.41, 5.74) is 6.15. The monoisotopic (exact) mass is 467 g/mol. The predicted octanol–water partition coefficient (Wildman–Crippen LogP) is 6.49. The second kappa shape index (κ2) is 8.23. The highest BCUT2D eigenvalue weighted by Gasteiger charge is 2.36. The summed E-state index contributed by atoms with van der Waals surface area (Å²) in [6.45, 7) is 0. The first kappa shape index (κ1) is 20.4. The van der Waals surface area contributed by atoms with Crippen LogP contribution in [0.1, 0.15) is 35.4 Å². The summed E-state index contributed by atoms with van der Waals surface area (Å²) in [5, 5.41) is 5.47. The Hall–Kier alpha value is -2.47. The molecule has 1 aliphatic heterocycles. The highest BCUT2D eigenvalue weighted by atomic mass is 35.5. The van der Waals surface area contributed by atoms with Crippen LogP contribution in [0.3, 0.4) is 0 Å². The zero-order chi connectivity index (χ0) is 21.5. The van der Waals surface area contributed by atoms with Crippen molar-refractivity contribution in [3.05, 3.63) is 102 Å². The maximum atomic E-state index is 13.1. The van der Waals surface area contributed by atoms with Crippen molar-refractivity contribution < 1.29 is 0 Å². The van der Waals surface area contributed by atoms with Crippen molar-refractivity contribution in [2.24, 2.45) is 0 Å². The van der Waals surface area contributed by atoms with Crippen LogP contribution in [-0.2, 0) is 0 Å². The topological polar surface area (TPSA) is 57.8 Å². The number of hydrogen-bond acceptors (Lipinski definition) is 4. The molecule has 2 aliphatic rings. The Morgan fingerprint density at radius 2 is 1.71 bits per heavy atom. The van der Waals surface area contributed by atoms with Gasteiger partial charge in [-0.2, -0.15) is 0 Å². The molecule has 4 nitrogen and oxygen atoms in total. The largest absolute Gasteiger partial charge is 0.340 e. The molecule has 156 valence electrons. The van der Waals surface area contributed by atoms with E-state index in [1.165, 1.54) is 22.9 Å². The van der Waals surface area contributed by atoms with E-state index in [1.807, 2.05) is 54.8 Å². The van der Waals surface area contributed by atoms with Gasteiger partial charge in [-0.15, -0.1) is 0 Å². The van der Waals surface area contributed by atoms with Gasteiger partial charge in [-0.3, -0.25) is 4.79 Å². The molecule has 2 heterocycles. The third-order valence-corrected chi connectivity index (χ3v) is 6.81. The molecule has 1 aliphatic carbocycles. The first-order valence-corrected chi connectivity index (χ1v) is 11.9. The lowest BCUT2D eigenvalue weighted by Crippen LogP contribution is -2.27. The normalized spacial score (nSPS) is 18.7. The molecule has 2 aromatic carbocycles. The van der Waals surface area contributed by atoms with E-state index in [1.54, 1.807) is 0 Å². The summed E-state index contributed by atoms with van der Waals surface area (Å²) in [4.78, 5) is 20.7. The third-order valence-electron chi connectivity index (χ3n) is 5.73. The maximum Gasteiger partial charge on any atom is 0.257 e. The fraction of sp³-hybridized carbons (Fsp3) is 0.167. The zero-order valence-corrected chi connectivity index (χ0v) is 19.0. The highest BCUT2D eigenvalue weighted by Crippen LogP contribution is 2.48. The van der Waals surface area contributed by atoms with Crippen LogP contribution in [0.25, 0.3) is 6.08 Å². The molecule has 1 unspecified atom stereocenters. The molecule has 5 rings (SSSR count). The van der Waals surface area contributed by atoms with E-state index in [9.17, 15) is 4.79 Å². The van der Waals surface area contributed by atoms with Crippen molar-refractivity contribution in [1.82, 2.24) is 9.97 Å². The number of nitrogens with zero attached hydrogens (tertiary/aromatic N) is 1. The van der Waals surface area contributed by atoms with Gasteiger partial charge in [0.2, 0.25) is 0 Å². The summed E-state index contributed by atoms with van der Waals surface area (Å²) < 4.78 is 0. The smallest absolute Gasteiger partial charge is 0.257 e. The van der Waals surface area contributed by atoms with Gasteiger partial charge in [-0.25, -0.2) is 4.98 Å². The predicted molar refractivity (Wildman–Crippen MR) is 129 cm³/mol. The fourth-order valence-electron chi connectivity index (χ4n) is 4.32. The number of fused-ring (bicyclic) bond motifs is 1. The average molecular weight is 468 g/mol. The number of H-pyrrole nitrogens is 1. The standard InChI is InChI=1S/C24H19Cl2N3OS/c1-31-24-28-22-20(23(30)29-24)19(14-4-9-17(26)10-5-14)18-11-6-15(21(18)27-22)12-13-2-7-16(25)8-3-13/h2-5,7-10,12,19H,6,11H2,1H3,(H2,27,28,29,30)/b15-12+. The minimum atomic E-state index is -0.160. The summed E-state index contributed by atoms with van der Waals surface area (Å²) >= 11 is 13.6. The number of aromatic amines is 1. The first-order valence-electron chi connectivity index (χ1n) is 9.93. The number of aromatic nitrogens is 2. The van der Waals surface area contributed by atoms with Gasteiger partial charge >= 0.3 is 0 Å². The Morgan fingerprint density at radius 1 is 1.03 bits per heavy atom. The van der Waals surface area contributed by atoms with Gasteiger partial charge < -0.3 is 10.3 Å². The van der Waals surface area contributed by atoms with E-state index in [-0.39, 0.29) is 11.5 Å². The molecule has 0 spiro atoms. The number of rotatable bonds is 3. The molecule has 0 bridgehead atoms. The Morgan fingerprint density at radius 3 is 2.39 bits per heavy atom. The summed E-state index contributed by atoms with van der Waals surface area (Å²) in [7, 11) is 0. The van der Waals surface area contributed by atoms with Crippen molar-refractivity contribution in [2.75, 3.05) is 11.6 Å². The zero-order valence-electron chi connectivity index (χ0n) is 16.7. The second-order valence-electron chi connectivity index (χ2n) is 7.57. The minimum Gasteiger partial charge on any atom is -0.340 e. The van der Waals surface area contributed by atoms with Crippen molar-refractivity contribution >= 4 is 46.9 Å². The number of anilines is 1. The van der Waals surface area contributed by atoms with Crippen molar-refractivity contribution in [1.29, 1.82) is 0 Å². The van der Waals surface area contributed by atoms with Crippen molar-refractivity contribution in [3.63, 3.8) is 0 Å². The van der Waals surface area contributed by atoms with E-state index >= 15 is 0 Å². The lowest BCUT2D eigenvalue weighted by atomic mass is 9.82. The molecule has 0 saturated carbocycles. The van der Waals surface area contributed by atoms with Crippen LogP contribution in [-0.4, -0.2) is 16.2 Å².